The number of hydrogen-bond donors (Lipinski definition) is 1. The zero-order valence-electron chi connectivity index (χ0n) is 8.94. The van der Waals surface area contributed by atoms with Gasteiger partial charge in [-0.1, -0.05) is 11.3 Å². The van der Waals surface area contributed by atoms with Crippen LogP contribution in [0, 0.1) is 0 Å². The number of anilines is 1. The van der Waals surface area contributed by atoms with E-state index >= 15 is 0 Å². The van der Waals surface area contributed by atoms with Crippen LogP contribution in [-0.4, -0.2) is 35.2 Å². The molecule has 0 saturated carbocycles. The minimum Gasteiger partial charge on any atom is -0.352 e. The van der Waals surface area contributed by atoms with Crippen LogP contribution in [0.25, 0.3) is 0 Å². The van der Waals surface area contributed by atoms with Crippen LogP contribution in [0.2, 0.25) is 0 Å². The van der Waals surface area contributed by atoms with E-state index in [1.807, 2.05) is 0 Å². The van der Waals surface area contributed by atoms with Gasteiger partial charge < -0.3 is 10.2 Å². The summed E-state index contributed by atoms with van der Waals surface area (Å²) in [5.74, 6) is 0.0327. The third kappa shape index (κ3) is 2.91. The molecular weight excluding hydrogens is 292 g/mol. The van der Waals surface area contributed by atoms with E-state index in [0.29, 0.717) is 0 Å². The second-order valence-electron chi connectivity index (χ2n) is 3.82. The molecular formula is C9H13BrN4OS. The van der Waals surface area contributed by atoms with Crippen LogP contribution in [0.1, 0.15) is 19.8 Å². The zero-order valence-corrected chi connectivity index (χ0v) is 11.3. The molecule has 16 heavy (non-hydrogen) atoms. The largest absolute Gasteiger partial charge is 0.352 e. The molecule has 0 unspecified atom stereocenters. The maximum atomic E-state index is 11.0. The lowest BCUT2D eigenvalue weighted by molar-refractivity contribution is -0.119. The molecule has 1 saturated heterocycles. The van der Waals surface area contributed by atoms with E-state index in [-0.39, 0.29) is 11.9 Å². The molecule has 7 heteroatoms. The van der Waals surface area contributed by atoms with Gasteiger partial charge in [-0.25, -0.2) is 0 Å². The molecule has 1 aromatic heterocycles. The van der Waals surface area contributed by atoms with Crippen molar-refractivity contribution in [2.75, 3.05) is 18.0 Å². The third-order valence-electron chi connectivity index (χ3n) is 2.49. The third-order valence-corrected chi connectivity index (χ3v) is 3.91. The van der Waals surface area contributed by atoms with E-state index in [1.165, 1.54) is 11.3 Å². The number of carbonyl (C=O) groups is 1. The summed E-state index contributed by atoms with van der Waals surface area (Å²) >= 11 is 4.83. The molecule has 0 bridgehead atoms. The first-order chi connectivity index (χ1) is 7.65. The number of carbonyl (C=O) groups excluding carboxylic acids is 1. The Bertz CT molecular complexity index is 383. The highest BCUT2D eigenvalue weighted by molar-refractivity contribution is 9.11. The average molecular weight is 305 g/mol. The van der Waals surface area contributed by atoms with E-state index in [0.717, 1.165) is 35.0 Å². The fourth-order valence-electron chi connectivity index (χ4n) is 1.88. The van der Waals surface area contributed by atoms with Crippen LogP contribution < -0.4 is 10.2 Å². The predicted octanol–water partition coefficient (Wildman–Crippen LogP) is 1.41. The summed E-state index contributed by atoms with van der Waals surface area (Å²) in [7, 11) is 0. The summed E-state index contributed by atoms with van der Waals surface area (Å²) in [6, 6.07) is 0.230. The Kier molecular flexibility index (Phi) is 3.75. The highest BCUT2D eigenvalue weighted by Crippen LogP contribution is 2.26. The lowest BCUT2D eigenvalue weighted by Gasteiger charge is -2.32. The molecule has 1 aliphatic heterocycles. The molecule has 88 valence electrons. The van der Waals surface area contributed by atoms with E-state index in [1.54, 1.807) is 6.92 Å². The van der Waals surface area contributed by atoms with Crippen molar-refractivity contribution in [3.05, 3.63) is 3.92 Å². The average Bonchev–Trinajstić information content (AvgIpc) is 2.64. The molecule has 0 aliphatic carbocycles. The molecule has 1 atom stereocenters. The van der Waals surface area contributed by atoms with E-state index in [9.17, 15) is 4.79 Å². The van der Waals surface area contributed by atoms with E-state index in [4.69, 9.17) is 0 Å². The van der Waals surface area contributed by atoms with Crippen LogP contribution in [0.15, 0.2) is 3.92 Å². The highest BCUT2D eigenvalue weighted by atomic mass is 79.9. The molecule has 1 aromatic rings. The minimum absolute atomic E-state index is 0.0327. The molecule has 1 fully saturated rings. The van der Waals surface area contributed by atoms with Crippen LogP contribution in [0.4, 0.5) is 5.13 Å². The smallest absolute Gasteiger partial charge is 0.217 e. The molecule has 1 amide bonds. The van der Waals surface area contributed by atoms with Gasteiger partial charge in [0.05, 0.1) is 0 Å². The summed E-state index contributed by atoms with van der Waals surface area (Å²) in [5.41, 5.74) is 0. The van der Waals surface area contributed by atoms with E-state index < -0.39 is 0 Å². The molecule has 1 aliphatic rings. The summed E-state index contributed by atoms with van der Waals surface area (Å²) < 4.78 is 0.796. The van der Waals surface area contributed by atoms with Crippen molar-refractivity contribution >= 4 is 38.3 Å². The number of nitrogens with one attached hydrogen (secondary N) is 1. The van der Waals surface area contributed by atoms with E-state index in [2.05, 4.69) is 36.3 Å². The first-order valence-electron chi connectivity index (χ1n) is 5.16. The first kappa shape index (κ1) is 11.8. The van der Waals surface area contributed by atoms with Crippen molar-refractivity contribution in [1.29, 1.82) is 0 Å². The van der Waals surface area contributed by atoms with Crippen LogP contribution in [0.3, 0.4) is 0 Å². The molecule has 2 rings (SSSR count). The number of piperidine rings is 1. The van der Waals surface area contributed by atoms with Gasteiger partial charge in [0.2, 0.25) is 11.0 Å². The Hall–Kier alpha value is -0.690. The van der Waals surface area contributed by atoms with Crippen molar-refractivity contribution in [3.63, 3.8) is 0 Å². The fraction of sp³-hybridized carbons (Fsp3) is 0.667. The normalized spacial score (nSPS) is 20.9. The molecule has 1 N–H and O–H groups in total. The first-order valence-corrected chi connectivity index (χ1v) is 6.77. The van der Waals surface area contributed by atoms with Crippen LogP contribution >= 0.6 is 27.3 Å². The predicted molar refractivity (Wildman–Crippen MR) is 66.7 cm³/mol. The SMILES string of the molecule is CC(=O)N[C@@H]1CCCN(c2nnc(Br)s2)C1. The maximum Gasteiger partial charge on any atom is 0.217 e. The Labute approximate surface area is 106 Å². The van der Waals surface area contributed by atoms with Gasteiger partial charge in [0.1, 0.15) is 0 Å². The molecule has 2 heterocycles. The fourth-order valence-corrected chi connectivity index (χ4v) is 3.00. The summed E-state index contributed by atoms with van der Waals surface area (Å²) in [6.07, 6.45) is 2.11. The Morgan fingerprint density at radius 2 is 2.44 bits per heavy atom. The van der Waals surface area contributed by atoms with Gasteiger partial charge in [-0.05, 0) is 28.8 Å². The molecule has 0 radical (unpaired) electrons. The zero-order chi connectivity index (χ0) is 11.5. The Morgan fingerprint density at radius 1 is 1.62 bits per heavy atom. The maximum absolute atomic E-state index is 11.0. The number of amides is 1. The number of rotatable bonds is 2. The number of hydrogen-bond acceptors (Lipinski definition) is 5. The van der Waals surface area contributed by atoms with Crippen molar-refractivity contribution in [3.8, 4) is 0 Å². The second kappa shape index (κ2) is 5.09. The van der Waals surface area contributed by atoms with Crippen molar-refractivity contribution in [2.45, 2.75) is 25.8 Å². The highest BCUT2D eigenvalue weighted by Gasteiger charge is 2.22. The van der Waals surface area contributed by atoms with Crippen LogP contribution in [0.5, 0.6) is 0 Å². The van der Waals surface area contributed by atoms with Gasteiger partial charge in [0.15, 0.2) is 3.92 Å². The van der Waals surface area contributed by atoms with Crippen LogP contribution in [-0.2, 0) is 4.79 Å². The minimum atomic E-state index is 0.0327. The van der Waals surface area contributed by atoms with Crippen molar-refractivity contribution in [1.82, 2.24) is 15.5 Å². The molecule has 0 spiro atoms. The summed E-state index contributed by atoms with van der Waals surface area (Å²) in [6.45, 7) is 3.36. The summed E-state index contributed by atoms with van der Waals surface area (Å²) in [4.78, 5) is 13.2. The van der Waals surface area contributed by atoms with Gasteiger partial charge >= 0.3 is 0 Å². The van der Waals surface area contributed by atoms with Gasteiger partial charge in [0.25, 0.3) is 0 Å². The van der Waals surface area contributed by atoms with Crippen molar-refractivity contribution in [2.24, 2.45) is 0 Å². The molecule has 5 nitrogen and oxygen atoms in total. The van der Waals surface area contributed by atoms with Crippen molar-refractivity contribution < 1.29 is 4.79 Å². The number of aromatic nitrogens is 2. The monoisotopic (exact) mass is 304 g/mol. The second-order valence-corrected chi connectivity index (χ2v) is 6.06. The lowest BCUT2D eigenvalue weighted by Crippen LogP contribution is -2.47. The lowest BCUT2D eigenvalue weighted by atomic mass is 10.1. The van der Waals surface area contributed by atoms with Gasteiger partial charge in [-0.15, -0.1) is 10.2 Å². The quantitative estimate of drug-likeness (QED) is 0.897. The van der Waals surface area contributed by atoms with Gasteiger partial charge in [-0.2, -0.15) is 0 Å². The summed E-state index contributed by atoms with van der Waals surface area (Å²) in [5, 5.41) is 11.9. The topological polar surface area (TPSA) is 58.1 Å². The number of halogens is 1. The van der Waals surface area contributed by atoms with Gasteiger partial charge in [-0.3, -0.25) is 4.79 Å². The standard InChI is InChI=1S/C9H13BrN4OS/c1-6(15)11-7-3-2-4-14(5-7)9-13-12-8(10)16-9/h7H,2-5H2,1H3,(H,11,15)/t7-/m1/s1. The number of nitrogens with zero attached hydrogens (tertiary/aromatic N) is 3. The van der Waals surface area contributed by atoms with Gasteiger partial charge in [0, 0.05) is 26.1 Å². The Morgan fingerprint density at radius 3 is 3.06 bits per heavy atom. The molecule has 0 aromatic carbocycles. The Balaban J connectivity index is 1.99.